The van der Waals surface area contributed by atoms with Crippen molar-refractivity contribution in [2.75, 3.05) is 6.54 Å². The number of sulfonamides is 1. The third-order valence-electron chi connectivity index (χ3n) is 5.46. The molecule has 2 aromatic carbocycles. The molecule has 2 aromatic rings. The molecule has 5 nitrogen and oxygen atoms in total. The first-order chi connectivity index (χ1) is 14.0. The molecule has 0 amide bonds. The van der Waals surface area contributed by atoms with Gasteiger partial charge in [-0.2, -0.15) is 0 Å². The normalized spacial score (nSPS) is 21.9. The number of nitrogens with two attached hydrogens (primary N) is 1. The summed E-state index contributed by atoms with van der Waals surface area (Å²) in [6.45, 7) is 0.424. The molecule has 0 atom stereocenters. The zero-order chi connectivity index (χ0) is 22.0. The summed E-state index contributed by atoms with van der Waals surface area (Å²) in [5, 5.41) is 0.626. The first-order valence-electron chi connectivity index (χ1n) is 9.37. The van der Waals surface area contributed by atoms with Crippen LogP contribution in [0, 0.1) is 0 Å². The van der Waals surface area contributed by atoms with E-state index in [-0.39, 0.29) is 28.8 Å². The topological polar surface area (TPSA) is 81.4 Å². The average Bonchev–Trinajstić information content (AvgIpc) is 2.68. The molecule has 3 N–H and O–H groups in total. The van der Waals surface area contributed by atoms with Gasteiger partial charge in [0.15, 0.2) is 0 Å². The lowest BCUT2D eigenvalue weighted by atomic mass is 9.68. The number of benzene rings is 2. The average molecular weight is 499 g/mol. The van der Waals surface area contributed by atoms with Crippen molar-refractivity contribution in [1.82, 2.24) is 4.72 Å². The van der Waals surface area contributed by atoms with Crippen molar-refractivity contribution >= 4 is 34.0 Å². The lowest BCUT2D eigenvalue weighted by Gasteiger charge is -2.40. The highest BCUT2D eigenvalue weighted by molar-refractivity contribution is 7.89. The van der Waals surface area contributed by atoms with Crippen molar-refractivity contribution in [1.29, 1.82) is 0 Å². The number of hydrogen-bond donors (Lipinski definition) is 2. The van der Waals surface area contributed by atoms with Crippen molar-refractivity contribution in [3.05, 3.63) is 59.1 Å². The van der Waals surface area contributed by atoms with E-state index in [1.54, 1.807) is 6.07 Å². The van der Waals surface area contributed by atoms with Crippen LogP contribution in [0.3, 0.4) is 0 Å². The van der Waals surface area contributed by atoms with Crippen molar-refractivity contribution in [2.45, 2.75) is 48.4 Å². The van der Waals surface area contributed by atoms with Crippen LogP contribution in [0.25, 0.3) is 0 Å². The van der Waals surface area contributed by atoms with Crippen LogP contribution in [-0.4, -0.2) is 27.4 Å². The number of nitrogens with one attached hydrogen (secondary N) is 1. The van der Waals surface area contributed by atoms with E-state index in [1.165, 1.54) is 0 Å². The molecule has 1 aliphatic rings. The van der Waals surface area contributed by atoms with Crippen LogP contribution in [0.1, 0.15) is 31.2 Å². The van der Waals surface area contributed by atoms with Crippen LogP contribution < -0.4 is 15.2 Å². The molecule has 0 aliphatic heterocycles. The monoisotopic (exact) mass is 498 g/mol. The van der Waals surface area contributed by atoms with Crippen LogP contribution in [0.2, 0.25) is 5.02 Å². The van der Waals surface area contributed by atoms with Gasteiger partial charge < -0.3 is 10.5 Å². The van der Waals surface area contributed by atoms with Gasteiger partial charge in [-0.25, -0.2) is 13.1 Å². The molecule has 0 heterocycles. The summed E-state index contributed by atoms with van der Waals surface area (Å²) in [4.78, 5) is -0.123. The fourth-order valence-electron chi connectivity index (χ4n) is 3.83. The predicted octanol–water partition coefficient (Wildman–Crippen LogP) is 4.78. The summed E-state index contributed by atoms with van der Waals surface area (Å²) >= 11 is 6.11. The molecule has 1 fully saturated rings. The third-order valence-corrected chi connectivity index (χ3v) is 7.23. The standard InChI is InChI=1S/C20H22ClF3N2O3S.ClH/c21-15-3-1-2-14(12-15)19(13-25)10-8-16(9-11-19)26-30(27,28)18-6-4-17(5-7-18)29-20(22,23)24;/h1-7,12,16,26H,8-11,13,25H2;1H/t16-,19+;. The van der Waals surface area contributed by atoms with Gasteiger partial charge in [0.25, 0.3) is 0 Å². The number of rotatable bonds is 6. The Balaban J connectivity index is 0.00000341. The Morgan fingerprint density at radius 2 is 1.74 bits per heavy atom. The summed E-state index contributed by atoms with van der Waals surface area (Å²) in [6.07, 6.45) is -2.29. The number of hydrogen-bond acceptors (Lipinski definition) is 4. The molecule has 0 spiro atoms. The summed E-state index contributed by atoms with van der Waals surface area (Å²) in [7, 11) is -3.87. The van der Waals surface area contributed by atoms with E-state index in [0.29, 0.717) is 37.3 Å². The van der Waals surface area contributed by atoms with E-state index in [9.17, 15) is 21.6 Å². The second kappa shape index (κ2) is 9.95. The summed E-state index contributed by atoms with van der Waals surface area (Å²) in [6, 6.07) is 11.4. The highest BCUT2D eigenvalue weighted by atomic mass is 35.5. The first-order valence-corrected chi connectivity index (χ1v) is 11.2. The Kier molecular flexibility index (Phi) is 8.27. The van der Waals surface area contributed by atoms with E-state index >= 15 is 0 Å². The molecule has 172 valence electrons. The number of alkyl halides is 3. The Morgan fingerprint density at radius 1 is 1.13 bits per heavy atom. The molecule has 0 unspecified atom stereocenters. The van der Waals surface area contributed by atoms with Crippen molar-refractivity contribution in [2.24, 2.45) is 5.73 Å². The van der Waals surface area contributed by atoms with Gasteiger partial charge in [-0.1, -0.05) is 23.7 Å². The van der Waals surface area contributed by atoms with Crippen LogP contribution in [-0.2, 0) is 15.4 Å². The molecule has 1 saturated carbocycles. The third kappa shape index (κ3) is 6.49. The van der Waals surface area contributed by atoms with Gasteiger partial charge in [-0.3, -0.25) is 0 Å². The van der Waals surface area contributed by atoms with Gasteiger partial charge in [0, 0.05) is 23.0 Å². The Morgan fingerprint density at radius 3 is 2.26 bits per heavy atom. The van der Waals surface area contributed by atoms with Gasteiger partial charge in [0.05, 0.1) is 4.90 Å². The van der Waals surface area contributed by atoms with Crippen molar-refractivity contribution < 1.29 is 26.3 Å². The van der Waals surface area contributed by atoms with Gasteiger partial charge in [-0.15, -0.1) is 25.6 Å². The predicted molar refractivity (Wildman–Crippen MR) is 115 cm³/mol. The molecule has 0 saturated heterocycles. The summed E-state index contributed by atoms with van der Waals surface area (Å²) in [5.74, 6) is -0.478. The van der Waals surface area contributed by atoms with Gasteiger partial charge in [0.1, 0.15) is 5.75 Å². The van der Waals surface area contributed by atoms with Crippen molar-refractivity contribution in [3.8, 4) is 5.75 Å². The molecular weight excluding hydrogens is 476 g/mol. The first kappa shape index (κ1) is 25.7. The Bertz CT molecular complexity index is 978. The van der Waals surface area contributed by atoms with Gasteiger partial charge >= 0.3 is 6.36 Å². The molecule has 0 bridgehead atoms. The Labute approximate surface area is 190 Å². The SMILES string of the molecule is Cl.NC[C@]1(c2cccc(Cl)c2)CC[C@@H](NS(=O)(=O)c2ccc(OC(F)(F)F)cc2)CC1. The Hall–Kier alpha value is -1.52. The van der Waals surface area contributed by atoms with E-state index in [4.69, 9.17) is 17.3 Å². The summed E-state index contributed by atoms with van der Waals surface area (Å²) in [5.41, 5.74) is 6.85. The van der Waals surface area contributed by atoms with Crippen LogP contribution in [0.15, 0.2) is 53.4 Å². The quantitative estimate of drug-likeness (QED) is 0.600. The smallest absolute Gasteiger partial charge is 0.406 e. The minimum atomic E-state index is -4.83. The largest absolute Gasteiger partial charge is 0.573 e. The van der Waals surface area contributed by atoms with E-state index < -0.39 is 22.1 Å². The maximum absolute atomic E-state index is 12.6. The molecule has 3 rings (SSSR count). The minimum Gasteiger partial charge on any atom is -0.406 e. The van der Waals surface area contributed by atoms with Crippen molar-refractivity contribution in [3.63, 3.8) is 0 Å². The molecule has 0 aromatic heterocycles. The zero-order valence-electron chi connectivity index (χ0n) is 16.4. The van der Waals surface area contributed by atoms with E-state index in [0.717, 1.165) is 29.8 Å². The lowest BCUT2D eigenvalue weighted by molar-refractivity contribution is -0.274. The summed E-state index contributed by atoms with van der Waals surface area (Å²) < 4.78 is 68.4. The molecule has 0 radical (unpaired) electrons. The maximum atomic E-state index is 12.6. The highest BCUT2D eigenvalue weighted by Crippen LogP contribution is 2.39. The van der Waals surface area contributed by atoms with Crippen LogP contribution in [0.5, 0.6) is 5.75 Å². The zero-order valence-corrected chi connectivity index (χ0v) is 18.8. The number of halogens is 5. The second-order valence-electron chi connectivity index (χ2n) is 7.41. The number of ether oxygens (including phenoxy) is 1. The van der Waals surface area contributed by atoms with E-state index in [2.05, 4.69) is 9.46 Å². The van der Waals surface area contributed by atoms with E-state index in [1.807, 2.05) is 18.2 Å². The maximum Gasteiger partial charge on any atom is 0.573 e. The van der Waals surface area contributed by atoms with Crippen LogP contribution in [0.4, 0.5) is 13.2 Å². The van der Waals surface area contributed by atoms with Crippen LogP contribution >= 0.6 is 24.0 Å². The highest BCUT2D eigenvalue weighted by Gasteiger charge is 2.37. The fraction of sp³-hybridized carbons (Fsp3) is 0.400. The molecule has 31 heavy (non-hydrogen) atoms. The molecular formula is C20H23Cl2F3N2O3S. The van der Waals surface area contributed by atoms with Gasteiger partial charge in [-0.05, 0) is 67.6 Å². The van der Waals surface area contributed by atoms with Gasteiger partial charge in [0.2, 0.25) is 10.0 Å². The second-order valence-corrected chi connectivity index (χ2v) is 9.56. The fourth-order valence-corrected chi connectivity index (χ4v) is 5.32. The molecule has 11 heteroatoms. The minimum absolute atomic E-state index is 0. The lowest BCUT2D eigenvalue weighted by Crippen LogP contribution is -2.45. The molecule has 1 aliphatic carbocycles.